The molecule has 0 N–H and O–H groups in total. The van der Waals surface area contributed by atoms with Crippen LogP contribution in [0.4, 0.5) is 0 Å². The van der Waals surface area contributed by atoms with E-state index in [9.17, 15) is 4.79 Å². The first-order valence-corrected chi connectivity index (χ1v) is 16.2. The van der Waals surface area contributed by atoms with Crippen molar-refractivity contribution >= 4 is 65.3 Å². The third kappa shape index (κ3) is 3.98. The Hall–Kier alpha value is -6.45. The highest BCUT2D eigenvalue weighted by atomic mass is 16.3. The van der Waals surface area contributed by atoms with E-state index in [-0.39, 0.29) is 5.43 Å². The van der Waals surface area contributed by atoms with Crippen molar-refractivity contribution < 1.29 is 4.42 Å². The Morgan fingerprint density at radius 2 is 0.854 bits per heavy atom. The maximum absolute atomic E-state index is 13.9. The second-order valence-corrected chi connectivity index (χ2v) is 12.5. The summed E-state index contributed by atoms with van der Waals surface area (Å²) in [5.74, 6) is 0. The van der Waals surface area contributed by atoms with Crippen LogP contribution >= 0.6 is 0 Å². The summed E-state index contributed by atoms with van der Waals surface area (Å²) in [6.07, 6.45) is 0. The first kappa shape index (κ1) is 26.7. The van der Waals surface area contributed by atoms with E-state index in [0.717, 1.165) is 27.9 Å². The molecule has 0 aliphatic heterocycles. The number of fused-ring (bicyclic) bond motifs is 9. The van der Waals surface area contributed by atoms with E-state index in [1.54, 1.807) is 0 Å². The molecule has 3 nitrogen and oxygen atoms in total. The summed E-state index contributed by atoms with van der Waals surface area (Å²) in [5, 5.41) is 8.52. The van der Waals surface area contributed by atoms with E-state index < -0.39 is 0 Å². The number of hydrogen-bond donors (Lipinski definition) is 0. The van der Waals surface area contributed by atoms with E-state index in [0.29, 0.717) is 21.9 Å². The molecule has 0 bridgehead atoms. The molecule has 0 saturated carbocycles. The molecule has 3 heteroatoms. The van der Waals surface area contributed by atoms with E-state index in [1.807, 2.05) is 54.6 Å². The highest BCUT2D eigenvalue weighted by molar-refractivity contribution is 6.23. The minimum Gasteiger partial charge on any atom is -0.456 e. The van der Waals surface area contributed by atoms with Crippen LogP contribution in [-0.2, 0) is 0 Å². The highest BCUT2D eigenvalue weighted by Crippen LogP contribution is 2.40. The minimum absolute atomic E-state index is 0.0217. The number of hydrogen-bond acceptors (Lipinski definition) is 2. The van der Waals surface area contributed by atoms with Gasteiger partial charge in [-0.1, -0.05) is 127 Å². The number of aromatic nitrogens is 1. The largest absolute Gasteiger partial charge is 0.456 e. The van der Waals surface area contributed by atoms with Gasteiger partial charge in [-0.3, -0.25) is 4.79 Å². The maximum atomic E-state index is 13.9. The van der Waals surface area contributed by atoms with Gasteiger partial charge in [0.05, 0.1) is 21.8 Å². The zero-order chi connectivity index (χ0) is 31.8. The van der Waals surface area contributed by atoms with Gasteiger partial charge in [-0.25, -0.2) is 0 Å². The van der Waals surface area contributed by atoms with E-state index in [4.69, 9.17) is 4.42 Å². The lowest BCUT2D eigenvalue weighted by Gasteiger charge is -2.12. The van der Waals surface area contributed by atoms with Gasteiger partial charge in [0.2, 0.25) is 5.43 Å². The summed E-state index contributed by atoms with van der Waals surface area (Å²) in [5.41, 5.74) is 8.72. The zero-order valence-electron chi connectivity index (χ0n) is 25.9. The second kappa shape index (κ2) is 10.3. The van der Waals surface area contributed by atoms with Gasteiger partial charge in [0.25, 0.3) is 0 Å². The van der Waals surface area contributed by atoms with Crippen LogP contribution in [0.2, 0.25) is 0 Å². The molecule has 224 valence electrons. The van der Waals surface area contributed by atoms with Crippen LogP contribution in [0.15, 0.2) is 173 Å². The summed E-state index contributed by atoms with van der Waals surface area (Å²) in [7, 11) is 0. The molecular weight excluding hydrogens is 587 g/mol. The summed E-state index contributed by atoms with van der Waals surface area (Å²) in [4.78, 5) is 13.9. The average Bonchev–Trinajstić information content (AvgIpc) is 3.51. The molecule has 0 radical (unpaired) electrons. The summed E-state index contributed by atoms with van der Waals surface area (Å²) < 4.78 is 8.65. The Morgan fingerprint density at radius 1 is 0.375 bits per heavy atom. The van der Waals surface area contributed by atoms with Crippen LogP contribution < -0.4 is 5.43 Å². The molecule has 0 aliphatic carbocycles. The number of rotatable bonds is 3. The van der Waals surface area contributed by atoms with Crippen molar-refractivity contribution in [2.24, 2.45) is 0 Å². The predicted octanol–water partition coefficient (Wildman–Crippen LogP) is 11.7. The molecule has 0 spiro atoms. The van der Waals surface area contributed by atoms with Crippen LogP contribution in [0.5, 0.6) is 0 Å². The van der Waals surface area contributed by atoms with Crippen molar-refractivity contribution in [2.75, 3.05) is 0 Å². The van der Waals surface area contributed by atoms with Crippen LogP contribution in [0.1, 0.15) is 0 Å². The van der Waals surface area contributed by atoms with Gasteiger partial charge in [-0.15, -0.1) is 0 Å². The van der Waals surface area contributed by atoms with E-state index in [2.05, 4.69) is 114 Å². The molecule has 10 rings (SSSR count). The first-order valence-electron chi connectivity index (χ1n) is 16.2. The van der Waals surface area contributed by atoms with Gasteiger partial charge >= 0.3 is 0 Å². The van der Waals surface area contributed by atoms with Gasteiger partial charge < -0.3 is 8.98 Å². The van der Waals surface area contributed by atoms with Crippen molar-refractivity contribution in [3.05, 3.63) is 174 Å². The lowest BCUT2D eigenvalue weighted by atomic mass is 10.0. The molecule has 48 heavy (non-hydrogen) atoms. The number of benzene rings is 8. The SMILES string of the molecule is O=c1c2cc(-c3ccccc3)ccc2oc2ccc(-c3ccc(-n4c5c6ccccc6ccc5c5ccc6ccccc6c54)cc3)cc12. The Labute approximate surface area is 275 Å². The fourth-order valence-electron chi connectivity index (χ4n) is 7.45. The van der Waals surface area contributed by atoms with Crippen molar-refractivity contribution in [3.63, 3.8) is 0 Å². The predicted molar refractivity (Wildman–Crippen MR) is 200 cm³/mol. The Kier molecular flexibility index (Phi) is 5.73. The summed E-state index contributed by atoms with van der Waals surface area (Å²) >= 11 is 0. The molecule has 0 fully saturated rings. The van der Waals surface area contributed by atoms with Crippen molar-refractivity contribution in [3.8, 4) is 27.9 Å². The van der Waals surface area contributed by atoms with Gasteiger partial charge in [-0.2, -0.15) is 0 Å². The normalized spacial score (nSPS) is 11.8. The highest BCUT2D eigenvalue weighted by Gasteiger charge is 2.18. The fourth-order valence-corrected chi connectivity index (χ4v) is 7.45. The molecule has 10 aromatic rings. The molecule has 8 aromatic carbocycles. The molecule has 0 amide bonds. The first-order chi connectivity index (χ1) is 23.7. The van der Waals surface area contributed by atoms with Crippen molar-refractivity contribution in [1.82, 2.24) is 4.57 Å². The zero-order valence-corrected chi connectivity index (χ0v) is 25.9. The van der Waals surface area contributed by atoms with E-state index >= 15 is 0 Å². The van der Waals surface area contributed by atoms with Gasteiger partial charge in [0.15, 0.2) is 0 Å². The van der Waals surface area contributed by atoms with Crippen LogP contribution in [-0.4, -0.2) is 4.57 Å². The quantitative estimate of drug-likeness (QED) is 0.186. The van der Waals surface area contributed by atoms with Crippen molar-refractivity contribution in [1.29, 1.82) is 0 Å². The minimum atomic E-state index is -0.0217. The Bertz CT molecular complexity index is 2860. The lowest BCUT2D eigenvalue weighted by Crippen LogP contribution is -2.02. The average molecular weight is 614 g/mol. The molecule has 0 unspecified atom stereocenters. The molecule has 0 aliphatic rings. The third-order valence-electron chi connectivity index (χ3n) is 9.77. The summed E-state index contributed by atoms with van der Waals surface area (Å²) in [6.45, 7) is 0. The monoisotopic (exact) mass is 613 g/mol. The fraction of sp³-hybridized carbons (Fsp3) is 0. The maximum Gasteiger partial charge on any atom is 0.200 e. The molecule has 0 saturated heterocycles. The Morgan fingerprint density at radius 3 is 1.42 bits per heavy atom. The molecule has 2 aromatic heterocycles. The van der Waals surface area contributed by atoms with Gasteiger partial charge in [0.1, 0.15) is 11.2 Å². The molecule has 2 heterocycles. The standard InChI is InChI=1S/C45H27NO2/c47-45-39-26-32(28-8-2-1-3-9-28)18-24-41(39)48-42-25-19-33(27-40(42)45)29-14-20-34(21-15-29)46-43-35-12-6-4-10-30(35)16-22-37(43)38-23-17-31-11-5-7-13-36(31)44(38)46/h1-27H. The Balaban J connectivity index is 1.14. The second-order valence-electron chi connectivity index (χ2n) is 12.5. The van der Waals surface area contributed by atoms with Gasteiger partial charge in [-0.05, 0) is 69.4 Å². The third-order valence-corrected chi connectivity index (χ3v) is 9.77. The van der Waals surface area contributed by atoms with Crippen molar-refractivity contribution in [2.45, 2.75) is 0 Å². The summed E-state index contributed by atoms with van der Waals surface area (Å²) in [6, 6.07) is 56.7. The lowest BCUT2D eigenvalue weighted by molar-refractivity contribution is 0.660. The van der Waals surface area contributed by atoms with Crippen LogP contribution in [0.3, 0.4) is 0 Å². The number of nitrogens with zero attached hydrogens (tertiary/aromatic N) is 1. The topological polar surface area (TPSA) is 35.1 Å². The molecular formula is C45H27NO2. The van der Waals surface area contributed by atoms with Gasteiger partial charge in [0, 0.05) is 27.2 Å². The van der Waals surface area contributed by atoms with Crippen LogP contribution in [0.25, 0.3) is 93.2 Å². The van der Waals surface area contributed by atoms with E-state index in [1.165, 1.54) is 43.4 Å². The van der Waals surface area contributed by atoms with Crippen LogP contribution in [0, 0.1) is 0 Å². The smallest absolute Gasteiger partial charge is 0.200 e. The molecule has 0 atom stereocenters.